The molecule has 0 fully saturated rings. The Kier molecular flexibility index (Phi) is 4.74. The number of nitrogens with zero attached hydrogens (tertiary/aromatic N) is 2. The van der Waals surface area contributed by atoms with Crippen LogP contribution in [0.2, 0.25) is 0 Å². The van der Waals surface area contributed by atoms with Crippen LogP contribution in [-0.2, 0) is 27.6 Å². The van der Waals surface area contributed by atoms with Crippen LogP contribution in [0.15, 0.2) is 48.8 Å². The van der Waals surface area contributed by atoms with Crippen molar-refractivity contribution >= 4 is 15.8 Å². The first-order chi connectivity index (χ1) is 9.99. The predicted molar refractivity (Wildman–Crippen MR) is 77.6 cm³/mol. The molecule has 1 aromatic carbocycles. The minimum atomic E-state index is -3.76. The minimum Gasteiger partial charge on any atom is -0.480 e. The lowest BCUT2D eigenvalue weighted by Crippen LogP contribution is -2.35. The normalized spacial score (nSPS) is 13.0. The van der Waals surface area contributed by atoms with E-state index in [-0.39, 0.29) is 18.7 Å². The van der Waals surface area contributed by atoms with E-state index in [9.17, 15) is 18.3 Å². The van der Waals surface area contributed by atoms with Crippen LogP contribution in [0.4, 0.5) is 0 Å². The molecule has 1 aromatic heterocycles. The fourth-order valence-corrected chi connectivity index (χ4v) is 3.47. The van der Waals surface area contributed by atoms with Crippen LogP contribution >= 0.6 is 0 Å². The first-order valence-corrected chi connectivity index (χ1v) is 8.16. The Labute approximate surface area is 123 Å². The van der Waals surface area contributed by atoms with Gasteiger partial charge in [0, 0.05) is 12.4 Å². The predicted octanol–water partition coefficient (Wildman–Crippen LogP) is 0.994. The van der Waals surface area contributed by atoms with E-state index < -0.39 is 21.1 Å². The van der Waals surface area contributed by atoms with Gasteiger partial charge < -0.3 is 5.11 Å². The van der Waals surface area contributed by atoms with E-state index in [1.165, 1.54) is 4.68 Å². The van der Waals surface area contributed by atoms with Crippen LogP contribution in [-0.4, -0.2) is 40.3 Å². The Morgan fingerprint density at radius 2 is 1.95 bits per heavy atom. The first-order valence-electron chi connectivity index (χ1n) is 6.45. The van der Waals surface area contributed by atoms with E-state index in [0.29, 0.717) is 5.56 Å². The molecule has 0 spiro atoms. The van der Waals surface area contributed by atoms with E-state index in [1.54, 1.807) is 48.8 Å². The average molecular weight is 308 g/mol. The van der Waals surface area contributed by atoms with Crippen LogP contribution in [0.1, 0.15) is 5.56 Å². The first kappa shape index (κ1) is 15.2. The van der Waals surface area contributed by atoms with Crippen molar-refractivity contribution < 1.29 is 18.3 Å². The molecular formula is C14H16N2O4S. The quantitative estimate of drug-likeness (QED) is 0.824. The largest absolute Gasteiger partial charge is 0.480 e. The Balaban J connectivity index is 2.11. The van der Waals surface area contributed by atoms with Gasteiger partial charge in [-0.05, 0) is 18.1 Å². The zero-order chi connectivity index (χ0) is 15.3. The lowest BCUT2D eigenvalue weighted by Gasteiger charge is -2.13. The number of hydrogen-bond donors (Lipinski definition) is 1. The highest BCUT2D eigenvalue weighted by Gasteiger charge is 2.32. The molecule has 112 valence electrons. The van der Waals surface area contributed by atoms with Gasteiger partial charge in [-0.3, -0.25) is 9.48 Å². The van der Waals surface area contributed by atoms with Crippen molar-refractivity contribution in [1.82, 2.24) is 9.78 Å². The van der Waals surface area contributed by atoms with E-state index in [1.807, 2.05) is 0 Å². The standard InChI is InChI=1S/C14H16N2O4S/c17-14(18)13(11-12-5-2-1-3-6-12)21(19,20)10-9-16-8-4-7-15-16/h1-8,13H,9-11H2,(H,17,18). The second-order valence-electron chi connectivity index (χ2n) is 4.65. The summed E-state index contributed by atoms with van der Waals surface area (Å²) in [6, 6.07) is 10.4. The summed E-state index contributed by atoms with van der Waals surface area (Å²) in [6.45, 7) is 0.147. The van der Waals surface area contributed by atoms with Gasteiger partial charge in [0.15, 0.2) is 15.1 Å². The van der Waals surface area contributed by atoms with E-state index >= 15 is 0 Å². The smallest absolute Gasteiger partial charge is 0.322 e. The number of rotatable bonds is 7. The summed E-state index contributed by atoms with van der Waals surface area (Å²) in [5.41, 5.74) is 0.688. The summed E-state index contributed by atoms with van der Waals surface area (Å²) in [7, 11) is -3.76. The van der Waals surface area contributed by atoms with Gasteiger partial charge in [-0.15, -0.1) is 0 Å². The number of carbonyl (C=O) groups is 1. The molecule has 0 aliphatic rings. The molecule has 0 bridgehead atoms. The maximum atomic E-state index is 12.2. The number of hydrogen-bond acceptors (Lipinski definition) is 4. The average Bonchev–Trinajstić information content (AvgIpc) is 2.97. The van der Waals surface area contributed by atoms with Gasteiger partial charge in [0.05, 0.1) is 12.3 Å². The lowest BCUT2D eigenvalue weighted by molar-refractivity contribution is -0.136. The van der Waals surface area contributed by atoms with Crippen molar-refractivity contribution in [3.8, 4) is 0 Å². The van der Waals surface area contributed by atoms with Gasteiger partial charge in [-0.1, -0.05) is 30.3 Å². The lowest BCUT2D eigenvalue weighted by atomic mass is 10.1. The molecule has 0 amide bonds. The second kappa shape index (κ2) is 6.53. The Morgan fingerprint density at radius 1 is 1.24 bits per heavy atom. The highest BCUT2D eigenvalue weighted by molar-refractivity contribution is 7.92. The maximum Gasteiger partial charge on any atom is 0.322 e. The van der Waals surface area contributed by atoms with Crippen molar-refractivity contribution in [2.75, 3.05) is 5.75 Å². The molecule has 1 unspecified atom stereocenters. The molecule has 0 aliphatic heterocycles. The Hall–Kier alpha value is -2.15. The molecule has 2 aromatic rings. The monoisotopic (exact) mass is 308 g/mol. The fraction of sp³-hybridized carbons (Fsp3) is 0.286. The van der Waals surface area contributed by atoms with Crippen molar-refractivity contribution in [2.45, 2.75) is 18.2 Å². The summed E-state index contributed by atoms with van der Waals surface area (Å²) < 4.78 is 26.0. The van der Waals surface area contributed by atoms with Crippen molar-refractivity contribution in [3.63, 3.8) is 0 Å². The van der Waals surface area contributed by atoms with E-state index in [2.05, 4.69) is 5.10 Å². The van der Waals surface area contributed by atoms with Crippen LogP contribution in [0.25, 0.3) is 0 Å². The minimum absolute atomic E-state index is 0.0301. The molecule has 0 radical (unpaired) electrons. The molecule has 21 heavy (non-hydrogen) atoms. The third-order valence-corrected chi connectivity index (χ3v) is 5.12. The zero-order valence-corrected chi connectivity index (χ0v) is 12.1. The highest BCUT2D eigenvalue weighted by atomic mass is 32.2. The third kappa shape index (κ3) is 4.16. The summed E-state index contributed by atoms with van der Waals surface area (Å²) in [5.74, 6) is -1.57. The second-order valence-corrected chi connectivity index (χ2v) is 6.96. The molecule has 0 aliphatic carbocycles. The van der Waals surface area contributed by atoms with Gasteiger partial charge in [-0.2, -0.15) is 5.10 Å². The molecule has 1 heterocycles. The van der Waals surface area contributed by atoms with Gasteiger partial charge >= 0.3 is 5.97 Å². The molecule has 1 N–H and O–H groups in total. The fourth-order valence-electron chi connectivity index (χ4n) is 1.99. The molecule has 0 saturated carbocycles. The summed E-state index contributed by atoms with van der Waals surface area (Å²) >= 11 is 0. The number of aromatic nitrogens is 2. The Bertz CT molecular complexity index is 681. The van der Waals surface area contributed by atoms with Crippen molar-refractivity contribution in [3.05, 3.63) is 54.4 Å². The third-order valence-electron chi connectivity index (χ3n) is 3.14. The topological polar surface area (TPSA) is 89.3 Å². The van der Waals surface area contributed by atoms with E-state index in [4.69, 9.17) is 0 Å². The molecule has 6 nitrogen and oxygen atoms in total. The van der Waals surface area contributed by atoms with Crippen molar-refractivity contribution in [1.29, 1.82) is 0 Å². The van der Waals surface area contributed by atoms with Crippen LogP contribution in [0.5, 0.6) is 0 Å². The molecular weight excluding hydrogens is 292 g/mol. The van der Waals surface area contributed by atoms with Gasteiger partial charge in [-0.25, -0.2) is 8.42 Å². The number of carboxylic acids is 1. The molecule has 0 saturated heterocycles. The van der Waals surface area contributed by atoms with Crippen LogP contribution < -0.4 is 0 Å². The number of benzene rings is 1. The van der Waals surface area contributed by atoms with Crippen molar-refractivity contribution in [2.24, 2.45) is 0 Å². The van der Waals surface area contributed by atoms with E-state index in [0.717, 1.165) is 0 Å². The molecule has 1 atom stereocenters. The van der Waals surface area contributed by atoms with Gasteiger partial charge in [0.1, 0.15) is 0 Å². The van der Waals surface area contributed by atoms with Crippen LogP contribution in [0.3, 0.4) is 0 Å². The SMILES string of the molecule is O=C(O)C(Cc1ccccc1)S(=O)(=O)CCn1cccn1. The highest BCUT2D eigenvalue weighted by Crippen LogP contribution is 2.12. The molecule has 7 heteroatoms. The van der Waals surface area contributed by atoms with Gasteiger partial charge in [0.2, 0.25) is 0 Å². The number of sulfone groups is 1. The summed E-state index contributed by atoms with van der Waals surface area (Å²) in [4.78, 5) is 11.3. The number of aliphatic carboxylic acids is 1. The summed E-state index contributed by atoms with van der Waals surface area (Å²) in [6.07, 6.45) is 3.16. The van der Waals surface area contributed by atoms with Crippen LogP contribution in [0, 0.1) is 0 Å². The zero-order valence-electron chi connectivity index (χ0n) is 11.3. The summed E-state index contributed by atoms with van der Waals surface area (Å²) in [5, 5.41) is 11.7. The number of carboxylic acid groups (broad SMARTS) is 1. The Morgan fingerprint density at radius 3 is 2.52 bits per heavy atom. The maximum absolute atomic E-state index is 12.2. The number of aryl methyl sites for hydroxylation is 1. The molecule has 2 rings (SSSR count). The van der Waals surface area contributed by atoms with Gasteiger partial charge in [0.25, 0.3) is 0 Å².